The largest absolute Gasteiger partial charge is 0.327 e. The molecule has 0 bridgehead atoms. The molecule has 0 radical (unpaired) electrons. The Morgan fingerprint density at radius 2 is 2.04 bits per heavy atom. The average Bonchev–Trinajstić information content (AvgIpc) is 2.68. The molecular formula is C16H19N3O3S. The van der Waals surface area contributed by atoms with Crippen LogP contribution in [0.15, 0.2) is 29.2 Å². The number of fused-ring (bicyclic) bond motifs is 1. The molecule has 1 aromatic rings. The Balaban J connectivity index is 1.82. The number of carbonyl (C=O) groups excluding carboxylic acids is 3. The van der Waals surface area contributed by atoms with Gasteiger partial charge >= 0.3 is 6.03 Å². The zero-order valence-corrected chi connectivity index (χ0v) is 14.0. The minimum absolute atomic E-state index is 0.0373. The van der Waals surface area contributed by atoms with Crippen molar-refractivity contribution < 1.29 is 14.4 Å². The van der Waals surface area contributed by atoms with Crippen LogP contribution in [0.4, 0.5) is 10.5 Å². The van der Waals surface area contributed by atoms with Crippen molar-refractivity contribution in [2.24, 2.45) is 0 Å². The van der Waals surface area contributed by atoms with E-state index < -0.39 is 6.03 Å². The minimum atomic E-state index is -0.408. The Morgan fingerprint density at radius 3 is 2.74 bits per heavy atom. The van der Waals surface area contributed by atoms with E-state index in [0.29, 0.717) is 11.8 Å². The summed E-state index contributed by atoms with van der Waals surface area (Å²) in [7, 11) is 1.56. The first-order chi connectivity index (χ1) is 11.0. The average molecular weight is 333 g/mol. The van der Waals surface area contributed by atoms with Crippen LogP contribution in [0.2, 0.25) is 0 Å². The van der Waals surface area contributed by atoms with Gasteiger partial charge in [-0.3, -0.25) is 14.5 Å². The number of hydrogen-bond acceptors (Lipinski definition) is 4. The van der Waals surface area contributed by atoms with Gasteiger partial charge in [-0.2, -0.15) is 0 Å². The monoisotopic (exact) mass is 333 g/mol. The fourth-order valence-electron chi connectivity index (χ4n) is 2.79. The molecule has 23 heavy (non-hydrogen) atoms. The highest BCUT2D eigenvalue weighted by atomic mass is 32.2. The van der Waals surface area contributed by atoms with E-state index in [9.17, 15) is 14.4 Å². The van der Waals surface area contributed by atoms with Crippen molar-refractivity contribution in [3.8, 4) is 0 Å². The van der Waals surface area contributed by atoms with E-state index in [1.807, 2.05) is 24.3 Å². The molecule has 1 unspecified atom stereocenters. The summed E-state index contributed by atoms with van der Waals surface area (Å²) >= 11 is 1.75. The number of para-hydroxylation sites is 1. The molecule has 1 fully saturated rings. The number of carbonyl (C=O) groups is 3. The van der Waals surface area contributed by atoms with Gasteiger partial charge in [-0.25, -0.2) is 4.79 Å². The van der Waals surface area contributed by atoms with E-state index in [0.717, 1.165) is 21.9 Å². The predicted octanol–water partition coefficient (Wildman–Crippen LogP) is 1.80. The number of amides is 4. The van der Waals surface area contributed by atoms with E-state index in [2.05, 4.69) is 6.92 Å². The van der Waals surface area contributed by atoms with Crippen LogP contribution >= 0.6 is 11.8 Å². The number of benzene rings is 1. The van der Waals surface area contributed by atoms with Crippen molar-refractivity contribution in [3.05, 3.63) is 24.3 Å². The van der Waals surface area contributed by atoms with Crippen LogP contribution in [0.3, 0.4) is 0 Å². The Hall–Kier alpha value is -2.02. The summed E-state index contributed by atoms with van der Waals surface area (Å²) in [6.07, 6.45) is 0.868. The smallest absolute Gasteiger partial charge is 0.318 e. The summed E-state index contributed by atoms with van der Waals surface area (Å²) in [6, 6.07) is 7.36. The summed E-state index contributed by atoms with van der Waals surface area (Å²) in [5, 5.41) is 0.412. The van der Waals surface area contributed by atoms with Gasteiger partial charge in [0.25, 0.3) is 5.91 Å². The van der Waals surface area contributed by atoms with Crippen LogP contribution in [0, 0.1) is 0 Å². The lowest BCUT2D eigenvalue weighted by Crippen LogP contribution is -2.43. The first-order valence-electron chi connectivity index (χ1n) is 7.59. The third-order valence-corrected chi connectivity index (χ3v) is 5.31. The van der Waals surface area contributed by atoms with Gasteiger partial charge < -0.3 is 9.80 Å². The highest BCUT2D eigenvalue weighted by Crippen LogP contribution is 2.37. The molecule has 2 aliphatic heterocycles. The molecule has 2 heterocycles. The summed E-state index contributed by atoms with van der Waals surface area (Å²) < 4.78 is 0. The van der Waals surface area contributed by atoms with E-state index in [-0.39, 0.29) is 24.9 Å². The molecule has 0 spiro atoms. The van der Waals surface area contributed by atoms with E-state index >= 15 is 0 Å². The highest BCUT2D eigenvalue weighted by molar-refractivity contribution is 8.00. The Morgan fingerprint density at radius 1 is 1.30 bits per heavy atom. The van der Waals surface area contributed by atoms with Crippen molar-refractivity contribution >= 4 is 35.3 Å². The minimum Gasteiger partial charge on any atom is -0.318 e. The molecule has 122 valence electrons. The fraction of sp³-hybridized carbons (Fsp3) is 0.438. The van der Waals surface area contributed by atoms with Gasteiger partial charge in [0.05, 0.1) is 5.69 Å². The number of likely N-dealkylation sites (N-methyl/N-ethyl adjacent to an activating group) is 1. The lowest BCUT2D eigenvalue weighted by atomic mass is 10.2. The second-order valence-electron chi connectivity index (χ2n) is 5.85. The molecule has 4 amide bonds. The number of anilines is 1. The molecule has 1 aromatic carbocycles. The van der Waals surface area contributed by atoms with Crippen molar-refractivity contribution in [2.75, 3.05) is 31.6 Å². The van der Waals surface area contributed by atoms with Gasteiger partial charge in [0, 0.05) is 23.7 Å². The molecule has 6 nitrogen and oxygen atoms in total. The van der Waals surface area contributed by atoms with Crippen LogP contribution in [-0.2, 0) is 9.59 Å². The number of rotatable bonds is 2. The van der Waals surface area contributed by atoms with Crippen LogP contribution in [0.25, 0.3) is 0 Å². The number of imide groups is 1. The van der Waals surface area contributed by atoms with Crippen molar-refractivity contribution in [3.63, 3.8) is 0 Å². The van der Waals surface area contributed by atoms with Gasteiger partial charge in [0.15, 0.2) is 0 Å². The van der Waals surface area contributed by atoms with Gasteiger partial charge in [-0.15, -0.1) is 11.8 Å². The van der Waals surface area contributed by atoms with Gasteiger partial charge in [-0.1, -0.05) is 19.1 Å². The van der Waals surface area contributed by atoms with E-state index in [4.69, 9.17) is 0 Å². The summed E-state index contributed by atoms with van der Waals surface area (Å²) in [5.74, 6) is -0.541. The molecular weight excluding hydrogens is 314 g/mol. The van der Waals surface area contributed by atoms with Crippen molar-refractivity contribution in [2.45, 2.75) is 23.5 Å². The lowest BCUT2D eigenvalue weighted by Gasteiger charge is -2.24. The zero-order valence-electron chi connectivity index (χ0n) is 13.2. The molecule has 0 aliphatic carbocycles. The molecule has 7 heteroatoms. The second kappa shape index (κ2) is 6.23. The Labute approximate surface area is 139 Å². The third-order valence-electron chi connectivity index (χ3n) is 4.07. The summed E-state index contributed by atoms with van der Waals surface area (Å²) in [5.41, 5.74) is 0.860. The highest BCUT2D eigenvalue weighted by Gasteiger charge is 2.36. The molecule has 1 atom stereocenters. The number of thioether (sulfide) groups is 1. The molecule has 0 N–H and O–H groups in total. The quantitative estimate of drug-likeness (QED) is 0.774. The van der Waals surface area contributed by atoms with Gasteiger partial charge in [-0.05, 0) is 18.6 Å². The van der Waals surface area contributed by atoms with E-state index in [1.54, 1.807) is 23.7 Å². The first kappa shape index (κ1) is 15.9. The molecule has 2 aliphatic rings. The first-order valence-corrected chi connectivity index (χ1v) is 8.47. The number of nitrogens with zero attached hydrogens (tertiary/aromatic N) is 3. The van der Waals surface area contributed by atoms with Crippen molar-refractivity contribution in [1.82, 2.24) is 9.80 Å². The zero-order chi connectivity index (χ0) is 16.6. The fourth-order valence-corrected chi connectivity index (χ4v) is 3.90. The van der Waals surface area contributed by atoms with Crippen LogP contribution < -0.4 is 4.90 Å². The third kappa shape index (κ3) is 3.06. The van der Waals surface area contributed by atoms with Crippen molar-refractivity contribution in [1.29, 1.82) is 0 Å². The van der Waals surface area contributed by atoms with Gasteiger partial charge in [0.2, 0.25) is 5.91 Å². The second-order valence-corrected chi connectivity index (χ2v) is 7.33. The van der Waals surface area contributed by atoms with Crippen LogP contribution in [0.5, 0.6) is 0 Å². The lowest BCUT2D eigenvalue weighted by molar-refractivity contribution is -0.129. The predicted molar refractivity (Wildman–Crippen MR) is 88.5 cm³/mol. The molecule has 1 saturated heterocycles. The van der Waals surface area contributed by atoms with Crippen LogP contribution in [0.1, 0.15) is 13.3 Å². The summed E-state index contributed by atoms with van der Waals surface area (Å²) in [6.45, 7) is 2.57. The summed E-state index contributed by atoms with van der Waals surface area (Å²) in [4.78, 5) is 41.7. The maximum Gasteiger partial charge on any atom is 0.327 e. The van der Waals surface area contributed by atoms with E-state index in [1.165, 1.54) is 4.90 Å². The van der Waals surface area contributed by atoms with Crippen LogP contribution in [-0.4, -0.2) is 59.6 Å². The molecule has 3 rings (SSSR count). The normalized spacial score (nSPS) is 21.5. The number of hydrogen-bond donors (Lipinski definition) is 0. The SMILES string of the molecule is CC1CCN(C(=O)CN2C(=O)CN(C)C2=O)c2ccccc2S1. The Kier molecular flexibility index (Phi) is 4.30. The van der Waals surface area contributed by atoms with Gasteiger partial charge in [0.1, 0.15) is 13.1 Å². The Bertz CT molecular complexity index is 664. The maximum atomic E-state index is 12.7. The standard InChI is InChI=1S/C16H19N3O3S/c1-11-7-8-18(12-5-3-4-6-13(12)23-11)15(21)10-19-14(20)9-17(2)16(19)22/h3-6,11H,7-10H2,1-2H3. The topological polar surface area (TPSA) is 60.9 Å². The maximum absolute atomic E-state index is 12.7. The molecule has 0 saturated carbocycles. The molecule has 0 aromatic heterocycles. The number of urea groups is 1.